The molecule has 162 valence electrons. The van der Waals surface area contributed by atoms with E-state index < -0.39 is 5.91 Å². The van der Waals surface area contributed by atoms with E-state index >= 15 is 0 Å². The number of carbonyl (C=O) groups is 2. The number of rotatable bonds is 7. The molecule has 0 radical (unpaired) electrons. The van der Waals surface area contributed by atoms with Gasteiger partial charge in [0.1, 0.15) is 0 Å². The van der Waals surface area contributed by atoms with Gasteiger partial charge in [0.25, 0.3) is 11.8 Å². The van der Waals surface area contributed by atoms with Crippen molar-refractivity contribution in [2.45, 2.75) is 58.9 Å². The van der Waals surface area contributed by atoms with Crippen LogP contribution in [0, 0.1) is 13.8 Å². The summed E-state index contributed by atoms with van der Waals surface area (Å²) in [6.07, 6.45) is 6.03. The van der Waals surface area contributed by atoms with Crippen molar-refractivity contribution >= 4 is 11.8 Å². The smallest absolute Gasteiger partial charge is 0.276 e. The number of hydrazine groups is 1. The molecule has 0 spiro atoms. The van der Waals surface area contributed by atoms with E-state index in [0.29, 0.717) is 29.7 Å². The van der Waals surface area contributed by atoms with Crippen molar-refractivity contribution in [2.24, 2.45) is 0 Å². The van der Waals surface area contributed by atoms with Crippen molar-refractivity contribution in [1.29, 1.82) is 0 Å². The van der Waals surface area contributed by atoms with Crippen molar-refractivity contribution in [2.75, 3.05) is 13.2 Å². The van der Waals surface area contributed by atoms with E-state index in [-0.39, 0.29) is 12.5 Å². The normalized spacial score (nSPS) is 14.2. The summed E-state index contributed by atoms with van der Waals surface area (Å²) in [7, 11) is 0. The van der Waals surface area contributed by atoms with Gasteiger partial charge >= 0.3 is 0 Å². The number of para-hydroxylation sites is 2. The number of aromatic nitrogens is 1. The Morgan fingerprint density at radius 1 is 1.03 bits per heavy atom. The second-order valence-electron chi connectivity index (χ2n) is 7.62. The molecule has 0 saturated heterocycles. The zero-order chi connectivity index (χ0) is 21.5. The standard InChI is InChI=1S/C23H31N3O4/c1-4-29-20-12-8-9-13-21(20)30-15-22(27)24-25-23(28)19-14-16(2)26(17(19)3)18-10-6-5-7-11-18/h8-9,12-14,18H,4-7,10-11,15H2,1-3H3,(H,24,27)(H,25,28). The maximum Gasteiger partial charge on any atom is 0.276 e. The summed E-state index contributed by atoms with van der Waals surface area (Å²) in [6, 6.07) is 9.49. The first kappa shape index (κ1) is 21.7. The van der Waals surface area contributed by atoms with E-state index in [4.69, 9.17) is 9.47 Å². The van der Waals surface area contributed by atoms with Gasteiger partial charge in [0.15, 0.2) is 18.1 Å². The highest BCUT2D eigenvalue weighted by atomic mass is 16.5. The number of benzene rings is 1. The zero-order valence-corrected chi connectivity index (χ0v) is 18.0. The predicted molar refractivity (Wildman–Crippen MR) is 115 cm³/mol. The summed E-state index contributed by atoms with van der Waals surface area (Å²) in [5.41, 5.74) is 7.52. The second kappa shape index (κ2) is 10.2. The lowest BCUT2D eigenvalue weighted by Gasteiger charge is -2.26. The summed E-state index contributed by atoms with van der Waals surface area (Å²) < 4.78 is 13.3. The third-order valence-electron chi connectivity index (χ3n) is 5.49. The van der Waals surface area contributed by atoms with Gasteiger partial charge in [0.05, 0.1) is 12.2 Å². The van der Waals surface area contributed by atoms with Gasteiger partial charge < -0.3 is 14.0 Å². The van der Waals surface area contributed by atoms with Crippen LogP contribution in [0.2, 0.25) is 0 Å². The number of aryl methyl sites for hydroxylation is 1. The molecule has 1 aromatic carbocycles. The number of hydrogen-bond acceptors (Lipinski definition) is 4. The minimum atomic E-state index is -0.448. The molecule has 0 atom stereocenters. The Hall–Kier alpha value is -2.96. The average molecular weight is 414 g/mol. The molecule has 0 aliphatic heterocycles. The summed E-state index contributed by atoms with van der Waals surface area (Å²) in [5, 5.41) is 0. The van der Waals surface area contributed by atoms with Crippen molar-refractivity contribution in [1.82, 2.24) is 15.4 Å². The fourth-order valence-electron chi connectivity index (χ4n) is 4.13. The van der Waals surface area contributed by atoms with Crippen LogP contribution in [0.3, 0.4) is 0 Å². The van der Waals surface area contributed by atoms with Crippen LogP contribution in [0.15, 0.2) is 30.3 Å². The molecule has 1 saturated carbocycles. The highest BCUT2D eigenvalue weighted by Crippen LogP contribution is 2.32. The molecular formula is C23H31N3O4. The molecule has 1 aliphatic rings. The topological polar surface area (TPSA) is 81.6 Å². The molecule has 1 aromatic heterocycles. The average Bonchev–Trinajstić information content (AvgIpc) is 3.06. The van der Waals surface area contributed by atoms with Crippen LogP contribution in [0.1, 0.15) is 66.8 Å². The molecule has 1 heterocycles. The molecule has 1 aliphatic carbocycles. The van der Waals surface area contributed by atoms with Crippen LogP contribution in [0.5, 0.6) is 11.5 Å². The van der Waals surface area contributed by atoms with Crippen LogP contribution in [-0.2, 0) is 4.79 Å². The van der Waals surface area contributed by atoms with Gasteiger partial charge in [-0.05, 0) is 51.8 Å². The molecule has 0 unspecified atom stereocenters. The van der Waals surface area contributed by atoms with Crippen LogP contribution < -0.4 is 20.3 Å². The predicted octanol–water partition coefficient (Wildman–Crippen LogP) is 3.85. The van der Waals surface area contributed by atoms with E-state index in [2.05, 4.69) is 15.4 Å². The number of carbonyl (C=O) groups excluding carboxylic acids is 2. The largest absolute Gasteiger partial charge is 0.490 e. The van der Waals surface area contributed by atoms with Crippen LogP contribution in [-0.4, -0.2) is 29.6 Å². The molecule has 0 bridgehead atoms. The van der Waals surface area contributed by atoms with E-state index in [1.807, 2.05) is 32.9 Å². The van der Waals surface area contributed by atoms with Crippen molar-refractivity contribution in [3.05, 3.63) is 47.3 Å². The molecule has 1 fully saturated rings. The monoisotopic (exact) mass is 413 g/mol. The fraction of sp³-hybridized carbons (Fsp3) is 0.478. The van der Waals surface area contributed by atoms with Gasteiger partial charge in [-0.15, -0.1) is 0 Å². The lowest BCUT2D eigenvalue weighted by atomic mass is 9.95. The minimum absolute atomic E-state index is 0.231. The van der Waals surface area contributed by atoms with E-state index in [0.717, 1.165) is 24.2 Å². The lowest BCUT2D eigenvalue weighted by Crippen LogP contribution is -2.44. The maximum absolute atomic E-state index is 12.6. The first-order chi connectivity index (χ1) is 14.5. The van der Waals surface area contributed by atoms with Gasteiger partial charge in [-0.25, -0.2) is 0 Å². The summed E-state index contributed by atoms with van der Waals surface area (Å²) >= 11 is 0. The van der Waals surface area contributed by atoms with Crippen LogP contribution in [0.25, 0.3) is 0 Å². The Kier molecular flexibility index (Phi) is 7.38. The highest BCUT2D eigenvalue weighted by molar-refractivity contribution is 5.96. The molecular weight excluding hydrogens is 382 g/mol. The third kappa shape index (κ3) is 5.14. The van der Waals surface area contributed by atoms with Crippen LogP contribution in [0.4, 0.5) is 0 Å². The van der Waals surface area contributed by atoms with Gasteiger partial charge in [-0.2, -0.15) is 0 Å². The first-order valence-corrected chi connectivity index (χ1v) is 10.6. The summed E-state index contributed by atoms with van der Waals surface area (Å²) in [5.74, 6) is 0.285. The third-order valence-corrected chi connectivity index (χ3v) is 5.49. The maximum atomic E-state index is 12.6. The van der Waals surface area contributed by atoms with E-state index in [9.17, 15) is 9.59 Å². The Morgan fingerprint density at radius 3 is 2.37 bits per heavy atom. The molecule has 2 amide bonds. The molecule has 2 N–H and O–H groups in total. The lowest BCUT2D eigenvalue weighted by molar-refractivity contribution is -0.123. The van der Waals surface area contributed by atoms with Crippen molar-refractivity contribution in [3.8, 4) is 11.5 Å². The van der Waals surface area contributed by atoms with Gasteiger partial charge in [-0.1, -0.05) is 31.4 Å². The SMILES string of the molecule is CCOc1ccccc1OCC(=O)NNC(=O)c1cc(C)n(C2CCCCC2)c1C. The number of nitrogens with one attached hydrogen (secondary N) is 2. The Bertz CT molecular complexity index is 885. The quantitative estimate of drug-likeness (QED) is 0.676. The van der Waals surface area contributed by atoms with Gasteiger partial charge in [-0.3, -0.25) is 20.4 Å². The summed E-state index contributed by atoms with van der Waals surface area (Å²) in [6.45, 7) is 6.14. The number of hydrogen-bond donors (Lipinski definition) is 2. The summed E-state index contributed by atoms with van der Waals surface area (Å²) in [4.78, 5) is 24.8. The van der Waals surface area contributed by atoms with E-state index in [1.165, 1.54) is 19.3 Å². The van der Waals surface area contributed by atoms with Gasteiger partial charge in [0, 0.05) is 17.4 Å². The van der Waals surface area contributed by atoms with Crippen molar-refractivity contribution < 1.29 is 19.1 Å². The van der Waals surface area contributed by atoms with E-state index in [1.54, 1.807) is 18.2 Å². The second-order valence-corrected chi connectivity index (χ2v) is 7.62. The fourth-order valence-corrected chi connectivity index (χ4v) is 4.13. The molecule has 3 rings (SSSR count). The van der Waals surface area contributed by atoms with Gasteiger partial charge in [0.2, 0.25) is 0 Å². The molecule has 2 aromatic rings. The molecule has 7 heteroatoms. The Balaban J connectivity index is 1.55. The zero-order valence-electron chi connectivity index (χ0n) is 18.0. The van der Waals surface area contributed by atoms with Crippen LogP contribution >= 0.6 is 0 Å². The number of ether oxygens (including phenoxy) is 2. The molecule has 30 heavy (non-hydrogen) atoms. The Labute approximate surface area is 177 Å². The Morgan fingerprint density at radius 2 is 1.70 bits per heavy atom. The van der Waals surface area contributed by atoms with Crippen molar-refractivity contribution in [3.63, 3.8) is 0 Å². The minimum Gasteiger partial charge on any atom is -0.490 e. The molecule has 7 nitrogen and oxygen atoms in total. The first-order valence-electron chi connectivity index (χ1n) is 10.6. The number of amides is 2. The number of nitrogens with zero attached hydrogens (tertiary/aromatic N) is 1. The highest BCUT2D eigenvalue weighted by Gasteiger charge is 2.22.